The summed E-state index contributed by atoms with van der Waals surface area (Å²) in [6.45, 7) is 2.40. The number of piperidine rings is 1. The van der Waals surface area contributed by atoms with Crippen molar-refractivity contribution in [1.29, 1.82) is 5.26 Å². The third-order valence-electron chi connectivity index (χ3n) is 6.27. The minimum absolute atomic E-state index is 0.109. The van der Waals surface area contributed by atoms with Gasteiger partial charge in [-0.3, -0.25) is 14.6 Å². The van der Waals surface area contributed by atoms with Crippen LogP contribution in [0.25, 0.3) is 33.2 Å². The standard InChI is InChI=1S/C25H22N6O3/c1-15(32)25(34)30-10-8-19(9-11-30)31-22(33)7-3-17-14-28-21-6-5-20(29-23(21)24(17)31)16-2-4-18(12-26)27-13-16/h2-7,13-15,19,32H,8-11H2,1H3/t15-/m1/s1. The van der Waals surface area contributed by atoms with E-state index in [2.05, 4.69) is 9.97 Å². The molecule has 0 spiro atoms. The molecule has 5 rings (SSSR count). The van der Waals surface area contributed by atoms with Gasteiger partial charge in [-0.1, -0.05) is 0 Å². The highest BCUT2D eigenvalue weighted by Gasteiger charge is 2.27. The van der Waals surface area contributed by atoms with Gasteiger partial charge < -0.3 is 14.6 Å². The van der Waals surface area contributed by atoms with Crippen molar-refractivity contribution >= 4 is 27.8 Å². The van der Waals surface area contributed by atoms with Crippen LogP contribution in [0, 0.1) is 11.3 Å². The summed E-state index contributed by atoms with van der Waals surface area (Å²) in [5, 5.41) is 19.4. The smallest absolute Gasteiger partial charge is 0.251 e. The molecule has 0 radical (unpaired) electrons. The molecule has 4 aromatic rings. The van der Waals surface area contributed by atoms with Crippen LogP contribution in [0.4, 0.5) is 0 Å². The minimum Gasteiger partial charge on any atom is -0.384 e. The Bertz CT molecular complexity index is 1500. The lowest BCUT2D eigenvalue weighted by atomic mass is 10.0. The van der Waals surface area contributed by atoms with Crippen LogP contribution in [0.1, 0.15) is 31.5 Å². The van der Waals surface area contributed by atoms with Crippen LogP contribution in [0.15, 0.2) is 53.6 Å². The number of nitrogens with zero attached hydrogens (tertiary/aromatic N) is 6. The monoisotopic (exact) mass is 454 g/mol. The summed E-state index contributed by atoms with van der Waals surface area (Å²) in [5.74, 6) is -0.291. The fourth-order valence-corrected chi connectivity index (χ4v) is 4.54. The van der Waals surface area contributed by atoms with Gasteiger partial charge in [0.25, 0.3) is 11.5 Å². The number of aliphatic hydroxyl groups excluding tert-OH is 1. The van der Waals surface area contributed by atoms with E-state index in [1.54, 1.807) is 40.1 Å². The van der Waals surface area contributed by atoms with Crippen LogP contribution in [0.5, 0.6) is 0 Å². The number of carbonyl (C=O) groups is 1. The van der Waals surface area contributed by atoms with Crippen molar-refractivity contribution in [2.75, 3.05) is 13.1 Å². The Morgan fingerprint density at radius 2 is 1.91 bits per heavy atom. The van der Waals surface area contributed by atoms with Crippen molar-refractivity contribution < 1.29 is 9.90 Å². The van der Waals surface area contributed by atoms with Gasteiger partial charge in [0, 0.05) is 48.5 Å². The number of hydrogen-bond acceptors (Lipinski definition) is 7. The Morgan fingerprint density at radius 1 is 1.12 bits per heavy atom. The molecule has 1 atom stereocenters. The normalized spacial score (nSPS) is 15.4. The van der Waals surface area contributed by atoms with Gasteiger partial charge in [-0.05, 0) is 50.1 Å². The number of nitriles is 1. The SMILES string of the molecule is C[C@@H](O)C(=O)N1CCC(n2c(=O)ccc3cnc4ccc(-c5ccc(C#N)nc5)nc4c32)CC1. The molecule has 0 aromatic carbocycles. The van der Waals surface area contributed by atoms with E-state index in [1.807, 2.05) is 18.2 Å². The molecule has 1 amide bonds. The highest BCUT2D eigenvalue weighted by Crippen LogP contribution is 2.30. The van der Waals surface area contributed by atoms with Gasteiger partial charge in [0.2, 0.25) is 0 Å². The number of fused-ring (bicyclic) bond motifs is 3. The maximum Gasteiger partial charge on any atom is 0.251 e. The molecule has 5 heterocycles. The largest absolute Gasteiger partial charge is 0.384 e. The maximum atomic E-state index is 13.1. The Kier molecular flexibility index (Phi) is 5.51. The van der Waals surface area contributed by atoms with Crippen molar-refractivity contribution in [3.8, 4) is 17.3 Å². The molecule has 1 aliphatic heterocycles. The summed E-state index contributed by atoms with van der Waals surface area (Å²) in [4.78, 5) is 40.4. The van der Waals surface area contributed by atoms with Crippen LogP contribution < -0.4 is 5.56 Å². The molecule has 1 N–H and O–H groups in total. The van der Waals surface area contributed by atoms with Crippen molar-refractivity contribution in [3.05, 3.63) is 64.8 Å². The molecule has 34 heavy (non-hydrogen) atoms. The third-order valence-corrected chi connectivity index (χ3v) is 6.27. The number of pyridine rings is 4. The molecule has 1 saturated heterocycles. The number of likely N-dealkylation sites (tertiary alicyclic amines) is 1. The van der Waals surface area contributed by atoms with Crippen molar-refractivity contribution in [1.82, 2.24) is 24.4 Å². The zero-order valence-electron chi connectivity index (χ0n) is 18.5. The number of aromatic nitrogens is 4. The van der Waals surface area contributed by atoms with E-state index < -0.39 is 6.10 Å². The fourth-order valence-electron chi connectivity index (χ4n) is 4.54. The predicted molar refractivity (Wildman–Crippen MR) is 126 cm³/mol. The Balaban J connectivity index is 1.61. The van der Waals surface area contributed by atoms with Gasteiger partial charge in [0.05, 0.1) is 16.7 Å². The molecule has 0 bridgehead atoms. The van der Waals surface area contributed by atoms with E-state index >= 15 is 0 Å². The summed E-state index contributed by atoms with van der Waals surface area (Å²) in [7, 11) is 0. The summed E-state index contributed by atoms with van der Waals surface area (Å²) >= 11 is 0. The molecular weight excluding hydrogens is 432 g/mol. The second-order valence-corrected chi connectivity index (χ2v) is 8.44. The minimum atomic E-state index is -1.04. The van der Waals surface area contributed by atoms with Crippen LogP contribution in [0.3, 0.4) is 0 Å². The number of aliphatic hydroxyl groups is 1. The molecule has 0 aliphatic carbocycles. The number of hydrogen-bond donors (Lipinski definition) is 1. The van der Waals surface area contributed by atoms with E-state index in [0.29, 0.717) is 53.9 Å². The number of carbonyl (C=O) groups excluding carboxylic acids is 1. The Hall–Kier alpha value is -4.16. The van der Waals surface area contributed by atoms with Gasteiger partial charge in [-0.25, -0.2) is 9.97 Å². The zero-order valence-corrected chi connectivity index (χ0v) is 18.5. The first-order chi connectivity index (χ1) is 16.5. The number of rotatable bonds is 3. The molecule has 0 saturated carbocycles. The highest BCUT2D eigenvalue weighted by atomic mass is 16.3. The van der Waals surface area contributed by atoms with Crippen LogP contribution in [0.2, 0.25) is 0 Å². The summed E-state index contributed by atoms with van der Waals surface area (Å²) in [5.41, 5.74) is 3.60. The van der Waals surface area contributed by atoms with Gasteiger partial charge >= 0.3 is 0 Å². The van der Waals surface area contributed by atoms with Crippen molar-refractivity contribution in [3.63, 3.8) is 0 Å². The van der Waals surface area contributed by atoms with E-state index in [-0.39, 0.29) is 17.5 Å². The summed E-state index contributed by atoms with van der Waals surface area (Å²) < 4.78 is 1.78. The first-order valence-electron chi connectivity index (χ1n) is 11.1. The second kappa shape index (κ2) is 8.65. The van der Waals surface area contributed by atoms with Gasteiger partial charge in [-0.2, -0.15) is 5.26 Å². The average Bonchev–Trinajstić information content (AvgIpc) is 2.88. The second-order valence-electron chi connectivity index (χ2n) is 8.44. The van der Waals surface area contributed by atoms with E-state index in [1.165, 1.54) is 13.0 Å². The molecule has 170 valence electrons. The molecule has 0 unspecified atom stereocenters. The lowest BCUT2D eigenvalue weighted by Gasteiger charge is -2.34. The van der Waals surface area contributed by atoms with Gasteiger partial charge in [0.15, 0.2) is 0 Å². The highest BCUT2D eigenvalue weighted by molar-refractivity contribution is 6.01. The fraction of sp³-hybridized carbons (Fsp3) is 0.280. The Labute approximate surface area is 194 Å². The molecule has 9 nitrogen and oxygen atoms in total. The number of amides is 1. The lowest BCUT2D eigenvalue weighted by molar-refractivity contribution is -0.140. The average molecular weight is 454 g/mol. The first-order valence-corrected chi connectivity index (χ1v) is 11.1. The van der Waals surface area contributed by atoms with E-state index in [4.69, 9.17) is 10.2 Å². The van der Waals surface area contributed by atoms with Crippen molar-refractivity contribution in [2.24, 2.45) is 0 Å². The Morgan fingerprint density at radius 3 is 2.59 bits per heavy atom. The van der Waals surface area contributed by atoms with Gasteiger partial charge in [-0.15, -0.1) is 0 Å². The van der Waals surface area contributed by atoms with Gasteiger partial charge in [0.1, 0.15) is 23.4 Å². The van der Waals surface area contributed by atoms with Crippen LogP contribution >= 0.6 is 0 Å². The first kappa shape index (κ1) is 21.7. The lowest BCUT2D eigenvalue weighted by Crippen LogP contribution is -2.44. The molecule has 4 aromatic heterocycles. The maximum absolute atomic E-state index is 13.1. The van der Waals surface area contributed by atoms with E-state index in [9.17, 15) is 14.7 Å². The van der Waals surface area contributed by atoms with Crippen LogP contribution in [-0.2, 0) is 4.79 Å². The van der Waals surface area contributed by atoms with E-state index in [0.717, 1.165) is 10.9 Å². The molecule has 1 aliphatic rings. The molecular formula is C25H22N6O3. The quantitative estimate of drug-likeness (QED) is 0.471. The molecule has 9 heteroatoms. The van der Waals surface area contributed by atoms with Crippen LogP contribution in [-0.4, -0.2) is 54.6 Å². The third kappa shape index (κ3) is 3.78. The molecule has 1 fully saturated rings. The summed E-state index contributed by atoms with van der Waals surface area (Å²) in [6.07, 6.45) is 3.50. The summed E-state index contributed by atoms with van der Waals surface area (Å²) in [6, 6.07) is 12.3. The predicted octanol–water partition coefficient (Wildman–Crippen LogP) is 2.42. The zero-order chi connectivity index (χ0) is 23.8. The topological polar surface area (TPSA) is 125 Å². The van der Waals surface area contributed by atoms with Crippen molar-refractivity contribution in [2.45, 2.75) is 31.9 Å².